The molecular formula is C81H52Cl4N10O3. The van der Waals surface area contributed by atoms with E-state index in [-0.39, 0.29) is 0 Å². The van der Waals surface area contributed by atoms with Crippen LogP contribution in [0.5, 0.6) is 0 Å². The summed E-state index contributed by atoms with van der Waals surface area (Å²) in [7, 11) is 0. The second-order valence-corrected chi connectivity index (χ2v) is 23.7. The molecule has 0 radical (unpaired) electrons. The zero-order valence-electron chi connectivity index (χ0n) is 51.7. The van der Waals surface area contributed by atoms with E-state index in [2.05, 4.69) is 112 Å². The lowest BCUT2D eigenvalue weighted by Gasteiger charge is -2.13. The van der Waals surface area contributed by atoms with Crippen molar-refractivity contribution in [3.05, 3.63) is 322 Å². The van der Waals surface area contributed by atoms with E-state index in [0.29, 0.717) is 46.1 Å². The van der Waals surface area contributed by atoms with Gasteiger partial charge in [0.2, 0.25) is 11.6 Å². The van der Waals surface area contributed by atoms with Crippen molar-refractivity contribution in [1.82, 2.24) is 29.9 Å². The number of aldehydes is 1. The molecule has 0 saturated heterocycles. The summed E-state index contributed by atoms with van der Waals surface area (Å²) in [6.07, 6.45) is 0.833. The van der Waals surface area contributed by atoms with E-state index in [1.54, 1.807) is 12.1 Å². The number of ketones is 2. The topological polar surface area (TPSA) is 205 Å². The van der Waals surface area contributed by atoms with Gasteiger partial charge in [-0.05, 0) is 70.1 Å². The van der Waals surface area contributed by atoms with Crippen molar-refractivity contribution in [3.63, 3.8) is 0 Å². The van der Waals surface area contributed by atoms with E-state index >= 15 is 0 Å². The van der Waals surface area contributed by atoms with Crippen LogP contribution in [0.3, 0.4) is 0 Å². The maximum Gasteiger partial charge on any atom is 0.219 e. The van der Waals surface area contributed by atoms with Crippen LogP contribution in [0.25, 0.3) is 110 Å². The molecule has 0 fully saturated rings. The highest BCUT2D eigenvalue weighted by Crippen LogP contribution is 2.37. The van der Waals surface area contributed by atoms with Gasteiger partial charge in [-0.3, -0.25) is 14.4 Å². The predicted octanol–water partition coefficient (Wildman–Crippen LogP) is 19.4. The Morgan fingerprint density at radius 2 is 0.653 bits per heavy atom. The minimum Gasteiger partial charge on any atom is -0.382 e. The Kier molecular flexibility index (Phi) is 19.4. The fourth-order valence-electron chi connectivity index (χ4n) is 11.1. The maximum absolute atomic E-state index is 11.0. The number of nitrogens with two attached hydrogens (primary N) is 2. The van der Waals surface area contributed by atoms with Crippen molar-refractivity contribution in [3.8, 4) is 45.6 Å². The van der Waals surface area contributed by atoms with Gasteiger partial charge in [0.15, 0.2) is 11.6 Å². The fraction of sp³-hybridized carbons (Fsp3) is 0. The number of rotatable bonds is 9. The second kappa shape index (κ2) is 29.3. The number of pyridine rings is 2. The first kappa shape index (κ1) is 64.7. The minimum absolute atomic E-state index is 0.321. The van der Waals surface area contributed by atoms with E-state index in [9.17, 15) is 14.4 Å². The van der Waals surface area contributed by atoms with Gasteiger partial charge in [0.1, 0.15) is 60.9 Å². The summed E-state index contributed by atoms with van der Waals surface area (Å²) in [6, 6.07) is 94.2. The molecule has 0 bridgehead atoms. The highest BCUT2D eigenvalue weighted by atomic mass is 35.5. The number of fused-ring (bicyclic) bond motifs is 8. The predicted molar refractivity (Wildman–Crippen MR) is 399 cm³/mol. The van der Waals surface area contributed by atoms with Crippen LogP contribution in [0.15, 0.2) is 315 Å². The van der Waals surface area contributed by atoms with Gasteiger partial charge in [0.25, 0.3) is 0 Å². The largest absolute Gasteiger partial charge is 0.382 e. The van der Waals surface area contributed by atoms with Gasteiger partial charge in [-0.25, -0.2) is 39.9 Å². The minimum atomic E-state index is -0.729. The number of aromatic nitrogens is 6. The van der Waals surface area contributed by atoms with Crippen LogP contribution in [0.2, 0.25) is 0 Å². The number of nitrogens with zero attached hydrogens (tertiary/aromatic N) is 8. The van der Waals surface area contributed by atoms with Crippen molar-refractivity contribution >= 4 is 152 Å². The molecule has 13 nitrogen and oxygen atoms in total. The number of benzene rings is 11. The Labute approximate surface area is 581 Å². The van der Waals surface area contributed by atoms with E-state index < -0.39 is 31.7 Å². The van der Waals surface area contributed by atoms with Crippen LogP contribution in [-0.2, 0) is 9.59 Å². The lowest BCUT2D eigenvalue weighted by atomic mass is 10.0. The van der Waals surface area contributed by atoms with E-state index in [1.807, 2.05) is 176 Å². The van der Waals surface area contributed by atoms with Crippen LogP contribution in [0, 0.1) is 0 Å². The van der Waals surface area contributed by atoms with Crippen LogP contribution in [0.1, 0.15) is 21.7 Å². The number of carbonyl (C=O) groups is 3. The van der Waals surface area contributed by atoms with Crippen LogP contribution in [-0.4, -0.2) is 59.4 Å². The molecule has 1 aliphatic carbocycles. The third-order valence-corrected chi connectivity index (χ3v) is 17.5. The summed E-state index contributed by atoms with van der Waals surface area (Å²) in [5.41, 5.74) is 23.0. The molecule has 17 heteroatoms. The Bertz CT molecular complexity index is 5380. The number of hydrogen-bond acceptors (Lipinski definition) is 11. The normalized spacial score (nSPS) is 12.5. The number of aliphatic imine (C=N–C) groups is 2. The fourth-order valence-corrected chi connectivity index (χ4v) is 11.9. The van der Waals surface area contributed by atoms with Crippen LogP contribution >= 0.6 is 46.4 Å². The molecule has 98 heavy (non-hydrogen) atoms. The number of hydrogen-bond donors (Lipinski definition) is 2. The summed E-state index contributed by atoms with van der Waals surface area (Å²) in [5.74, 6) is 0.293. The molecule has 4 heterocycles. The standard InChI is InChI=1S/C41H25N5.C27H21N5.C7H6O.C6Cl4O2/c1-3-14-28(15-4-1)36-32-24-22-26-12-7-9-18-30(26)38(32)45-40(43-36)34-20-11-21-35(42-34)41-44-37(29-16-5-2-6-17-29)33-25-23-27-13-8-10-19-31(27)39(33)46-41;28-26(31-22-14-5-10-18-8-1-3-12-20(18)22)24-16-7-17-25(30-24)27(29)32-23-15-6-11-19-9-2-4-13-21(19)23;8-6-7-4-2-1-3-5-7;7-1-2(8)6(12)4(10)3(9)5(1)11/h1-25H;1-17H,(H2,28,31)(H2,29,32);1-6H;. The van der Waals surface area contributed by atoms with Gasteiger partial charge in [0.05, 0.1) is 33.8 Å². The molecule has 0 atom stereocenters. The number of halogens is 4. The lowest BCUT2D eigenvalue weighted by molar-refractivity contribution is -0.114. The molecule has 0 saturated carbocycles. The monoisotopic (exact) mass is 1350 g/mol. The van der Waals surface area contributed by atoms with Crippen molar-refractivity contribution in [1.29, 1.82) is 0 Å². The van der Waals surface area contributed by atoms with Crippen molar-refractivity contribution in [2.24, 2.45) is 21.5 Å². The summed E-state index contributed by atoms with van der Waals surface area (Å²) < 4.78 is 0. The number of Topliss-reactive ketones (excluding diaryl/α,β-unsaturated/α-hetero) is 2. The van der Waals surface area contributed by atoms with Crippen molar-refractivity contribution in [2.75, 3.05) is 0 Å². The molecule has 0 amide bonds. The number of carbonyl (C=O) groups excluding carboxylic acids is 3. The molecular weight excluding hydrogens is 1300 g/mol. The number of allylic oxidation sites excluding steroid dienone is 4. The highest BCUT2D eigenvalue weighted by molar-refractivity contribution is 6.69. The molecule has 0 aliphatic heterocycles. The van der Waals surface area contributed by atoms with E-state index in [0.717, 1.165) is 111 Å². The Morgan fingerprint density at radius 1 is 0.316 bits per heavy atom. The first-order valence-corrected chi connectivity index (χ1v) is 32.2. The highest BCUT2D eigenvalue weighted by Gasteiger charge is 2.31. The number of amidine groups is 2. The van der Waals surface area contributed by atoms with Gasteiger partial charge >= 0.3 is 0 Å². The maximum atomic E-state index is 11.0. The Hall–Kier alpha value is -12.0. The second-order valence-electron chi connectivity index (χ2n) is 22.1. The van der Waals surface area contributed by atoms with Gasteiger partial charge in [-0.15, -0.1) is 0 Å². The molecule has 16 rings (SSSR count). The molecule has 11 aromatic carbocycles. The third-order valence-electron chi connectivity index (χ3n) is 15.9. The zero-order valence-corrected chi connectivity index (χ0v) is 54.7. The average molecular weight is 1360 g/mol. The average Bonchev–Trinajstić information content (AvgIpc) is 0.764. The van der Waals surface area contributed by atoms with Crippen LogP contribution in [0.4, 0.5) is 11.4 Å². The molecule has 1 aliphatic rings. The smallest absolute Gasteiger partial charge is 0.219 e. The zero-order chi connectivity index (χ0) is 67.7. The molecule has 4 aromatic heterocycles. The first-order valence-electron chi connectivity index (χ1n) is 30.7. The van der Waals surface area contributed by atoms with Crippen molar-refractivity contribution in [2.45, 2.75) is 0 Å². The van der Waals surface area contributed by atoms with Crippen molar-refractivity contribution < 1.29 is 14.4 Å². The van der Waals surface area contributed by atoms with Gasteiger partial charge in [-0.1, -0.05) is 283 Å². The molecule has 15 aromatic rings. The van der Waals surface area contributed by atoms with Gasteiger partial charge < -0.3 is 11.5 Å². The SMILES string of the molecule is NC(=Nc1cccc2ccccc12)c1cccc(C(N)=Nc2cccc3ccccc23)n1.O=C1C(Cl)=C(Cl)C(=O)C(Cl)=C1Cl.O=Cc1ccccc1.c1ccc(-c2nc(-c3cccc(-c4nc(-c5ccccc5)c5ccc6ccccc6c5n4)n3)nc3c2ccc2ccccc23)cc1. The molecule has 472 valence electrons. The third kappa shape index (κ3) is 13.9. The van der Waals surface area contributed by atoms with Crippen LogP contribution < -0.4 is 11.5 Å². The summed E-state index contributed by atoms with van der Waals surface area (Å²) in [5, 5.41) is 9.13. The quantitative estimate of drug-likeness (QED) is 0.0457. The molecule has 0 spiro atoms. The van der Waals surface area contributed by atoms with Gasteiger partial charge in [0, 0.05) is 49.0 Å². The summed E-state index contributed by atoms with van der Waals surface area (Å²) in [6.45, 7) is 0. The Morgan fingerprint density at radius 3 is 1.05 bits per heavy atom. The Balaban J connectivity index is 0.000000142. The summed E-state index contributed by atoms with van der Waals surface area (Å²) >= 11 is 21.5. The van der Waals surface area contributed by atoms with E-state index in [1.165, 1.54) is 0 Å². The molecule has 4 N–H and O–H groups in total. The van der Waals surface area contributed by atoms with E-state index in [4.69, 9.17) is 82.8 Å². The summed E-state index contributed by atoms with van der Waals surface area (Å²) in [4.78, 5) is 71.5. The molecule has 0 unspecified atom stereocenters. The first-order chi connectivity index (χ1) is 47.9. The lowest BCUT2D eigenvalue weighted by Crippen LogP contribution is -2.20. The van der Waals surface area contributed by atoms with Gasteiger partial charge in [-0.2, -0.15) is 0 Å².